The number of nitrogens with one attached hydrogen (secondary N) is 2. The van der Waals surface area contributed by atoms with Crippen molar-refractivity contribution >= 4 is 16.8 Å². The smallest absolute Gasteiger partial charge is 0.254 e. The van der Waals surface area contributed by atoms with Crippen molar-refractivity contribution in [3.05, 3.63) is 71.9 Å². The number of para-hydroxylation sites is 1. The molecule has 3 aromatic rings. The van der Waals surface area contributed by atoms with E-state index >= 15 is 0 Å². The molecule has 0 aliphatic heterocycles. The highest BCUT2D eigenvalue weighted by molar-refractivity contribution is 6.07. The van der Waals surface area contributed by atoms with Crippen LogP contribution in [0.2, 0.25) is 0 Å². The second kappa shape index (κ2) is 4.48. The number of H-pyrrole nitrogens is 1. The second-order valence-electron chi connectivity index (χ2n) is 5.65. The van der Waals surface area contributed by atoms with Gasteiger partial charge in [0.05, 0.1) is 11.1 Å². The molecule has 104 valence electrons. The first kappa shape index (κ1) is 12.2. The Kier molecular flexibility index (Phi) is 2.61. The van der Waals surface area contributed by atoms with Crippen molar-refractivity contribution in [1.82, 2.24) is 10.3 Å². The van der Waals surface area contributed by atoms with Gasteiger partial charge in [-0.15, -0.1) is 0 Å². The summed E-state index contributed by atoms with van der Waals surface area (Å²) >= 11 is 0. The van der Waals surface area contributed by atoms with E-state index < -0.39 is 0 Å². The molecule has 4 rings (SSSR count). The SMILES string of the molecule is O=C(NC1(c2ccccc2)CC1)c1c[nH]c2ccccc12. The van der Waals surface area contributed by atoms with Gasteiger partial charge in [0.15, 0.2) is 0 Å². The summed E-state index contributed by atoms with van der Waals surface area (Å²) in [5.41, 5.74) is 2.73. The third-order valence-electron chi connectivity index (χ3n) is 4.26. The Hall–Kier alpha value is -2.55. The van der Waals surface area contributed by atoms with Crippen molar-refractivity contribution in [2.24, 2.45) is 0 Å². The number of hydrogen-bond donors (Lipinski definition) is 2. The van der Waals surface area contributed by atoms with Crippen LogP contribution in [0, 0.1) is 0 Å². The molecule has 21 heavy (non-hydrogen) atoms. The molecule has 1 amide bonds. The summed E-state index contributed by atoms with van der Waals surface area (Å²) in [6.45, 7) is 0. The number of rotatable bonds is 3. The van der Waals surface area contributed by atoms with Crippen LogP contribution < -0.4 is 5.32 Å². The molecule has 1 aliphatic carbocycles. The van der Waals surface area contributed by atoms with Gasteiger partial charge in [0.2, 0.25) is 0 Å². The monoisotopic (exact) mass is 276 g/mol. The van der Waals surface area contributed by atoms with E-state index in [1.54, 1.807) is 6.20 Å². The quantitative estimate of drug-likeness (QED) is 0.754. The van der Waals surface area contributed by atoms with Crippen LogP contribution in [0.25, 0.3) is 10.9 Å². The van der Waals surface area contributed by atoms with E-state index in [0.29, 0.717) is 5.56 Å². The number of hydrogen-bond acceptors (Lipinski definition) is 1. The van der Waals surface area contributed by atoms with Crippen LogP contribution >= 0.6 is 0 Å². The minimum Gasteiger partial charge on any atom is -0.360 e. The number of amides is 1. The Balaban J connectivity index is 1.65. The molecule has 1 fully saturated rings. The second-order valence-corrected chi connectivity index (χ2v) is 5.65. The van der Waals surface area contributed by atoms with Crippen LogP contribution in [-0.2, 0) is 5.54 Å². The lowest BCUT2D eigenvalue weighted by Crippen LogP contribution is -2.34. The summed E-state index contributed by atoms with van der Waals surface area (Å²) in [6, 6.07) is 18.1. The molecule has 2 aromatic carbocycles. The fraction of sp³-hybridized carbons (Fsp3) is 0.167. The first-order valence-electron chi connectivity index (χ1n) is 7.23. The topological polar surface area (TPSA) is 44.9 Å². The molecule has 3 heteroatoms. The van der Waals surface area contributed by atoms with E-state index in [9.17, 15) is 4.79 Å². The molecule has 0 bridgehead atoms. The molecule has 0 spiro atoms. The lowest BCUT2D eigenvalue weighted by atomic mass is 10.0. The standard InChI is InChI=1S/C18H16N2O/c21-17(15-12-19-16-9-5-4-8-14(15)16)20-18(10-11-18)13-6-2-1-3-7-13/h1-9,12,19H,10-11H2,(H,20,21). The third kappa shape index (κ3) is 2.02. The van der Waals surface area contributed by atoms with Gasteiger partial charge in [-0.1, -0.05) is 48.5 Å². The number of benzene rings is 2. The first-order chi connectivity index (χ1) is 10.3. The summed E-state index contributed by atoms with van der Waals surface area (Å²) in [6.07, 6.45) is 3.80. The summed E-state index contributed by atoms with van der Waals surface area (Å²) in [4.78, 5) is 15.8. The first-order valence-corrected chi connectivity index (χ1v) is 7.23. The van der Waals surface area contributed by atoms with Gasteiger partial charge in [0, 0.05) is 17.1 Å². The fourth-order valence-electron chi connectivity index (χ4n) is 2.91. The van der Waals surface area contributed by atoms with Crippen molar-refractivity contribution < 1.29 is 4.79 Å². The van der Waals surface area contributed by atoms with Gasteiger partial charge in [-0.2, -0.15) is 0 Å². The maximum Gasteiger partial charge on any atom is 0.254 e. The average Bonchev–Trinajstić information content (AvgIpc) is 3.18. The molecule has 2 N–H and O–H groups in total. The third-order valence-corrected chi connectivity index (χ3v) is 4.26. The van der Waals surface area contributed by atoms with Gasteiger partial charge in [-0.3, -0.25) is 4.79 Å². The number of aromatic nitrogens is 1. The molecule has 1 saturated carbocycles. The van der Waals surface area contributed by atoms with E-state index in [1.807, 2.05) is 42.5 Å². The Morgan fingerprint density at radius 2 is 1.71 bits per heavy atom. The van der Waals surface area contributed by atoms with E-state index in [1.165, 1.54) is 5.56 Å². The lowest BCUT2D eigenvalue weighted by molar-refractivity contribution is 0.0932. The van der Waals surface area contributed by atoms with Gasteiger partial charge in [0.25, 0.3) is 5.91 Å². The zero-order valence-corrected chi connectivity index (χ0v) is 11.6. The fourth-order valence-corrected chi connectivity index (χ4v) is 2.91. The summed E-state index contributed by atoms with van der Waals surface area (Å²) in [5.74, 6) is -0.00574. The van der Waals surface area contributed by atoms with E-state index in [0.717, 1.165) is 23.7 Å². The highest BCUT2D eigenvalue weighted by atomic mass is 16.1. The maximum absolute atomic E-state index is 12.6. The summed E-state index contributed by atoms with van der Waals surface area (Å²) in [7, 11) is 0. The normalized spacial score (nSPS) is 15.8. The van der Waals surface area contributed by atoms with Crippen LogP contribution in [0.4, 0.5) is 0 Å². The Morgan fingerprint density at radius 1 is 1.00 bits per heavy atom. The van der Waals surface area contributed by atoms with Crippen molar-refractivity contribution in [2.45, 2.75) is 18.4 Å². The molecule has 0 unspecified atom stereocenters. The number of carbonyl (C=O) groups excluding carboxylic acids is 1. The molecule has 1 aromatic heterocycles. The zero-order valence-electron chi connectivity index (χ0n) is 11.6. The maximum atomic E-state index is 12.6. The Morgan fingerprint density at radius 3 is 2.48 bits per heavy atom. The van der Waals surface area contributed by atoms with E-state index in [4.69, 9.17) is 0 Å². The predicted molar refractivity (Wildman–Crippen MR) is 83.1 cm³/mol. The minimum absolute atomic E-state index is 0.00574. The largest absolute Gasteiger partial charge is 0.360 e. The lowest BCUT2D eigenvalue weighted by Gasteiger charge is -2.17. The molecular formula is C18H16N2O. The Labute approximate surface area is 123 Å². The molecule has 1 heterocycles. The van der Waals surface area contributed by atoms with Crippen LogP contribution in [-0.4, -0.2) is 10.9 Å². The highest BCUT2D eigenvalue weighted by Gasteiger charge is 2.45. The van der Waals surface area contributed by atoms with Crippen LogP contribution in [0.3, 0.4) is 0 Å². The van der Waals surface area contributed by atoms with Crippen molar-refractivity contribution in [1.29, 1.82) is 0 Å². The van der Waals surface area contributed by atoms with Crippen molar-refractivity contribution in [3.63, 3.8) is 0 Å². The van der Waals surface area contributed by atoms with Gasteiger partial charge in [-0.05, 0) is 24.5 Å². The molecule has 0 saturated heterocycles. The summed E-state index contributed by atoms with van der Waals surface area (Å²) in [5, 5.41) is 4.19. The molecular weight excluding hydrogens is 260 g/mol. The zero-order chi connectivity index (χ0) is 14.3. The molecule has 0 radical (unpaired) electrons. The van der Waals surface area contributed by atoms with Crippen LogP contribution in [0.5, 0.6) is 0 Å². The average molecular weight is 276 g/mol. The molecule has 0 atom stereocenters. The predicted octanol–water partition coefficient (Wildman–Crippen LogP) is 3.59. The van der Waals surface area contributed by atoms with E-state index in [2.05, 4.69) is 22.4 Å². The van der Waals surface area contributed by atoms with Crippen molar-refractivity contribution in [2.75, 3.05) is 0 Å². The van der Waals surface area contributed by atoms with Gasteiger partial charge in [-0.25, -0.2) is 0 Å². The number of aromatic amines is 1. The van der Waals surface area contributed by atoms with Gasteiger partial charge in [0.1, 0.15) is 0 Å². The Bertz CT molecular complexity index is 800. The number of fused-ring (bicyclic) bond motifs is 1. The highest BCUT2D eigenvalue weighted by Crippen LogP contribution is 2.45. The van der Waals surface area contributed by atoms with Crippen molar-refractivity contribution in [3.8, 4) is 0 Å². The van der Waals surface area contributed by atoms with E-state index in [-0.39, 0.29) is 11.4 Å². The number of carbonyl (C=O) groups is 1. The van der Waals surface area contributed by atoms with Gasteiger partial charge >= 0.3 is 0 Å². The molecule has 3 nitrogen and oxygen atoms in total. The summed E-state index contributed by atoms with van der Waals surface area (Å²) < 4.78 is 0. The molecule has 1 aliphatic rings. The van der Waals surface area contributed by atoms with Crippen LogP contribution in [0.15, 0.2) is 60.8 Å². The van der Waals surface area contributed by atoms with Gasteiger partial charge < -0.3 is 10.3 Å². The minimum atomic E-state index is -0.170. The van der Waals surface area contributed by atoms with Crippen LogP contribution in [0.1, 0.15) is 28.8 Å².